The summed E-state index contributed by atoms with van der Waals surface area (Å²) in [6.45, 7) is 2.16. The molecule has 0 bridgehead atoms. The first kappa shape index (κ1) is 22.5. The van der Waals surface area contributed by atoms with Gasteiger partial charge in [0.15, 0.2) is 17.3 Å². The zero-order valence-electron chi connectivity index (χ0n) is 16.9. The van der Waals surface area contributed by atoms with E-state index in [4.69, 9.17) is 26.5 Å². The zero-order valence-corrected chi connectivity index (χ0v) is 17.6. The second kappa shape index (κ2) is 8.50. The summed E-state index contributed by atoms with van der Waals surface area (Å²) in [5.41, 5.74) is 0.186. The molecule has 2 amide bonds. The number of carbonyl (C=O) groups is 1. The molecule has 2 aromatic rings. The number of urea groups is 1. The van der Waals surface area contributed by atoms with Gasteiger partial charge in [-0.1, -0.05) is 17.7 Å². The quantitative estimate of drug-likeness (QED) is 0.616. The number of amides is 2. The summed E-state index contributed by atoms with van der Waals surface area (Å²) in [7, 11) is 3.00. The van der Waals surface area contributed by atoms with Crippen LogP contribution in [0.2, 0.25) is 5.02 Å². The first-order valence-corrected chi connectivity index (χ1v) is 9.53. The highest BCUT2D eigenvalue weighted by Gasteiger charge is 2.34. The number of halogens is 4. The van der Waals surface area contributed by atoms with E-state index in [1.807, 2.05) is 0 Å². The third-order valence-corrected chi connectivity index (χ3v) is 4.97. The molecule has 1 fully saturated rings. The first-order chi connectivity index (χ1) is 14.6. The Morgan fingerprint density at radius 1 is 1.13 bits per heavy atom. The summed E-state index contributed by atoms with van der Waals surface area (Å²) in [4.78, 5) is 14.9. The minimum absolute atomic E-state index is 0.0422. The summed E-state index contributed by atoms with van der Waals surface area (Å²) in [5.74, 6) is 0.676. The fourth-order valence-electron chi connectivity index (χ4n) is 3.03. The molecule has 0 unspecified atom stereocenters. The summed E-state index contributed by atoms with van der Waals surface area (Å²) >= 11 is 5.96. The predicted octanol–water partition coefficient (Wildman–Crippen LogP) is 5.87. The van der Waals surface area contributed by atoms with Crippen LogP contribution in [0.25, 0.3) is 6.08 Å². The third-order valence-electron chi connectivity index (χ3n) is 4.68. The Balaban J connectivity index is 1.89. The van der Waals surface area contributed by atoms with E-state index in [9.17, 15) is 18.0 Å². The Morgan fingerprint density at radius 2 is 1.81 bits per heavy atom. The maximum Gasteiger partial charge on any atom is 0.416 e. The number of hydrogen-bond donors (Lipinski definition) is 1. The molecule has 10 heteroatoms. The minimum Gasteiger partial charge on any atom is -0.493 e. The van der Waals surface area contributed by atoms with Crippen molar-refractivity contribution >= 4 is 29.5 Å². The van der Waals surface area contributed by atoms with Gasteiger partial charge in [-0.25, -0.2) is 4.79 Å². The number of likely N-dealkylation sites (N-methyl/N-ethyl adjacent to an activating group) is 2. The fourth-order valence-corrected chi connectivity index (χ4v) is 3.25. The average Bonchev–Trinajstić information content (AvgIpc) is 2.92. The third kappa shape index (κ3) is 4.46. The predicted molar refractivity (Wildman–Crippen MR) is 111 cm³/mol. The molecule has 1 aliphatic rings. The summed E-state index contributed by atoms with van der Waals surface area (Å²) in [6, 6.07) is 7.38. The van der Waals surface area contributed by atoms with Crippen molar-refractivity contribution in [1.82, 2.24) is 9.80 Å². The Labute approximate surface area is 181 Å². The molecule has 31 heavy (non-hydrogen) atoms. The van der Waals surface area contributed by atoms with Crippen molar-refractivity contribution in [2.45, 2.75) is 13.1 Å². The van der Waals surface area contributed by atoms with Crippen molar-refractivity contribution in [3.05, 3.63) is 58.2 Å². The fraction of sp³-hybridized carbons (Fsp3) is 0.238. The lowest BCUT2D eigenvalue weighted by Gasteiger charge is -2.14. The SMILES string of the molecule is CCN1C(=N)C(=Cc2ccc(Oc3ccc(C(F)(F)F)cc3Cl)c(OC)c2)N(C)C1=O. The molecule has 3 rings (SSSR count). The molecule has 1 N–H and O–H groups in total. The summed E-state index contributed by atoms with van der Waals surface area (Å²) in [6.07, 6.45) is -2.85. The van der Waals surface area contributed by atoms with Crippen LogP contribution in [0.1, 0.15) is 18.1 Å². The number of rotatable bonds is 5. The van der Waals surface area contributed by atoms with Crippen LogP contribution in [0.3, 0.4) is 0 Å². The van der Waals surface area contributed by atoms with E-state index < -0.39 is 11.7 Å². The number of hydrogen-bond acceptors (Lipinski definition) is 4. The number of amidine groups is 1. The topological polar surface area (TPSA) is 65.9 Å². The van der Waals surface area contributed by atoms with E-state index in [0.717, 1.165) is 18.2 Å². The molecular weight excluding hydrogens is 435 g/mol. The van der Waals surface area contributed by atoms with Gasteiger partial charge in [0.05, 0.1) is 23.4 Å². The van der Waals surface area contributed by atoms with Crippen LogP contribution in [0.15, 0.2) is 42.1 Å². The molecule has 0 saturated carbocycles. The maximum atomic E-state index is 12.8. The van der Waals surface area contributed by atoms with Crippen LogP contribution in [0.4, 0.5) is 18.0 Å². The molecule has 0 radical (unpaired) electrons. The van der Waals surface area contributed by atoms with Gasteiger partial charge in [0.25, 0.3) is 0 Å². The molecule has 1 aliphatic heterocycles. The van der Waals surface area contributed by atoms with Gasteiger partial charge in [-0.15, -0.1) is 0 Å². The van der Waals surface area contributed by atoms with Gasteiger partial charge in [0, 0.05) is 13.6 Å². The molecule has 1 heterocycles. The number of alkyl halides is 3. The highest BCUT2D eigenvalue weighted by molar-refractivity contribution is 6.32. The lowest BCUT2D eigenvalue weighted by Crippen LogP contribution is -2.30. The van der Waals surface area contributed by atoms with Gasteiger partial charge in [0.2, 0.25) is 0 Å². The first-order valence-electron chi connectivity index (χ1n) is 9.15. The molecule has 164 valence electrons. The molecule has 6 nitrogen and oxygen atoms in total. The molecule has 0 spiro atoms. The van der Waals surface area contributed by atoms with Crippen molar-refractivity contribution in [2.24, 2.45) is 0 Å². The second-order valence-electron chi connectivity index (χ2n) is 6.62. The van der Waals surface area contributed by atoms with Gasteiger partial charge in [-0.2, -0.15) is 13.2 Å². The van der Waals surface area contributed by atoms with Gasteiger partial charge in [-0.05, 0) is 48.9 Å². The van der Waals surface area contributed by atoms with Gasteiger partial charge in [-0.3, -0.25) is 15.2 Å². The maximum absolute atomic E-state index is 12.8. The van der Waals surface area contributed by atoms with E-state index in [1.165, 1.54) is 16.9 Å². The largest absolute Gasteiger partial charge is 0.493 e. The molecular formula is C21H19ClF3N3O3. The monoisotopic (exact) mass is 453 g/mol. The molecule has 1 saturated heterocycles. The molecule has 0 aliphatic carbocycles. The van der Waals surface area contributed by atoms with Crippen LogP contribution < -0.4 is 9.47 Å². The van der Waals surface area contributed by atoms with E-state index in [-0.39, 0.29) is 28.4 Å². The van der Waals surface area contributed by atoms with Crippen molar-refractivity contribution in [3.8, 4) is 17.2 Å². The van der Waals surface area contributed by atoms with E-state index in [1.54, 1.807) is 38.2 Å². The Bertz CT molecular complexity index is 1070. The van der Waals surface area contributed by atoms with Crippen LogP contribution in [0.5, 0.6) is 17.2 Å². The molecule has 2 aromatic carbocycles. The number of benzene rings is 2. The number of carbonyl (C=O) groups excluding carboxylic acids is 1. The van der Waals surface area contributed by atoms with Crippen LogP contribution >= 0.6 is 11.6 Å². The Hall–Kier alpha value is -3.20. The highest BCUT2D eigenvalue weighted by atomic mass is 35.5. The number of ether oxygens (including phenoxy) is 2. The normalized spacial score (nSPS) is 15.8. The van der Waals surface area contributed by atoms with Crippen LogP contribution in [-0.2, 0) is 6.18 Å². The lowest BCUT2D eigenvalue weighted by molar-refractivity contribution is -0.137. The van der Waals surface area contributed by atoms with Crippen molar-refractivity contribution < 1.29 is 27.4 Å². The van der Waals surface area contributed by atoms with Crippen LogP contribution in [0, 0.1) is 5.41 Å². The average molecular weight is 454 g/mol. The standard InChI is InChI=1S/C21H19ClF3N3O3/c1-4-28-19(26)15(27(2)20(28)29)9-12-5-7-17(18(10-12)30-3)31-16-8-6-13(11-14(16)22)21(23,24)25/h5-11,26H,4H2,1-3H3. The zero-order chi connectivity index (χ0) is 22.9. The second-order valence-corrected chi connectivity index (χ2v) is 7.03. The van der Waals surface area contributed by atoms with Crippen molar-refractivity contribution in [1.29, 1.82) is 5.41 Å². The highest BCUT2D eigenvalue weighted by Crippen LogP contribution is 2.39. The van der Waals surface area contributed by atoms with Crippen LogP contribution in [-0.4, -0.2) is 42.4 Å². The number of nitrogens with zero attached hydrogens (tertiary/aromatic N) is 2. The van der Waals surface area contributed by atoms with Crippen molar-refractivity contribution in [3.63, 3.8) is 0 Å². The Kier molecular flexibility index (Phi) is 6.17. The number of nitrogens with one attached hydrogen (secondary N) is 1. The number of methoxy groups -OCH3 is 1. The van der Waals surface area contributed by atoms with Gasteiger partial charge in [0.1, 0.15) is 5.75 Å². The van der Waals surface area contributed by atoms with Gasteiger partial charge >= 0.3 is 12.2 Å². The van der Waals surface area contributed by atoms with E-state index >= 15 is 0 Å². The van der Waals surface area contributed by atoms with E-state index in [2.05, 4.69) is 0 Å². The van der Waals surface area contributed by atoms with Crippen molar-refractivity contribution in [2.75, 3.05) is 20.7 Å². The van der Waals surface area contributed by atoms with E-state index in [0.29, 0.717) is 23.6 Å². The molecule has 0 aromatic heterocycles. The smallest absolute Gasteiger partial charge is 0.416 e. The summed E-state index contributed by atoms with van der Waals surface area (Å²) in [5, 5.41) is 8.00. The lowest BCUT2D eigenvalue weighted by atomic mass is 10.1. The van der Waals surface area contributed by atoms with Gasteiger partial charge < -0.3 is 9.47 Å². The molecule has 0 atom stereocenters. The minimum atomic E-state index is -4.51. The Morgan fingerprint density at radius 3 is 2.35 bits per heavy atom. The summed E-state index contributed by atoms with van der Waals surface area (Å²) < 4.78 is 49.4.